The number of hydrogen-bond acceptors (Lipinski definition) is 4. The molecule has 1 saturated carbocycles. The Kier molecular flexibility index (Phi) is 4.74. The minimum atomic E-state index is -0.526. The van der Waals surface area contributed by atoms with Crippen molar-refractivity contribution in [3.63, 3.8) is 0 Å². The first kappa shape index (κ1) is 18.1. The lowest BCUT2D eigenvalue weighted by Crippen LogP contribution is -2.52. The molecular formula is C19H22ClN3O4. The second-order valence-electron chi connectivity index (χ2n) is 7.19. The first-order chi connectivity index (χ1) is 13.0. The van der Waals surface area contributed by atoms with Gasteiger partial charge < -0.3 is 25.5 Å². The van der Waals surface area contributed by atoms with E-state index in [1.165, 1.54) is 0 Å². The highest BCUT2D eigenvalue weighted by Crippen LogP contribution is 2.48. The monoisotopic (exact) mass is 391 g/mol. The van der Waals surface area contributed by atoms with Crippen LogP contribution in [0.25, 0.3) is 11.0 Å². The zero-order valence-corrected chi connectivity index (χ0v) is 15.6. The van der Waals surface area contributed by atoms with E-state index in [0.29, 0.717) is 29.3 Å². The molecule has 8 heteroatoms. The van der Waals surface area contributed by atoms with Gasteiger partial charge in [0.1, 0.15) is 5.58 Å². The first-order valence-corrected chi connectivity index (χ1v) is 9.67. The Morgan fingerprint density at radius 1 is 1.30 bits per heavy atom. The molecule has 1 spiro atoms. The molecule has 4 rings (SSSR count). The van der Waals surface area contributed by atoms with E-state index in [2.05, 4.69) is 16.0 Å². The largest absolute Gasteiger partial charge is 0.450 e. The molecule has 0 unspecified atom stereocenters. The molecule has 1 aliphatic heterocycles. The third kappa shape index (κ3) is 3.15. The van der Waals surface area contributed by atoms with Crippen molar-refractivity contribution in [3.8, 4) is 0 Å². The quantitative estimate of drug-likeness (QED) is 0.599. The molecule has 3 amide bonds. The van der Waals surface area contributed by atoms with Crippen molar-refractivity contribution >= 4 is 40.2 Å². The van der Waals surface area contributed by atoms with Crippen molar-refractivity contribution in [2.24, 2.45) is 0 Å². The average Bonchev–Trinajstić information content (AvgIpc) is 3.06. The van der Waals surface area contributed by atoms with E-state index in [-0.39, 0.29) is 24.3 Å². The van der Waals surface area contributed by atoms with Gasteiger partial charge in [0, 0.05) is 24.1 Å². The minimum Gasteiger partial charge on any atom is -0.450 e. The highest BCUT2D eigenvalue weighted by molar-refractivity contribution is 6.35. The van der Waals surface area contributed by atoms with Gasteiger partial charge in [-0.1, -0.05) is 30.9 Å². The standard InChI is InChI=1S/C19H22ClN3O4/c20-12-9-11-10-13(17(25)21-7-4-8-24)27-16(11)14-15(12)22-18(26)23-19(14)5-2-1-3-6-19/h9-10,24H,1-8H2,(H,21,25)(H2,22,23,26). The predicted molar refractivity (Wildman–Crippen MR) is 102 cm³/mol. The SMILES string of the molecule is O=C1Nc2c(Cl)cc3cc(C(=O)NCCCO)oc3c2C2(CCCCC2)N1. The van der Waals surface area contributed by atoms with E-state index in [1.54, 1.807) is 12.1 Å². The number of aliphatic hydroxyl groups is 1. The van der Waals surface area contributed by atoms with Gasteiger partial charge in [-0.05, 0) is 31.4 Å². The van der Waals surface area contributed by atoms with Crippen LogP contribution in [0.3, 0.4) is 0 Å². The fourth-order valence-corrected chi connectivity index (χ4v) is 4.42. The molecule has 0 radical (unpaired) electrons. The Morgan fingerprint density at radius 3 is 2.81 bits per heavy atom. The van der Waals surface area contributed by atoms with Crippen LogP contribution in [0.1, 0.15) is 54.6 Å². The summed E-state index contributed by atoms with van der Waals surface area (Å²) in [6.07, 6.45) is 5.22. The van der Waals surface area contributed by atoms with Gasteiger partial charge in [0.05, 0.1) is 16.2 Å². The van der Waals surface area contributed by atoms with E-state index < -0.39 is 5.54 Å². The van der Waals surface area contributed by atoms with Crippen LogP contribution >= 0.6 is 11.6 Å². The molecule has 1 aromatic heterocycles. The second kappa shape index (κ2) is 7.05. The van der Waals surface area contributed by atoms with Crippen LogP contribution in [0.4, 0.5) is 10.5 Å². The van der Waals surface area contributed by atoms with Crippen molar-refractivity contribution in [1.82, 2.24) is 10.6 Å². The number of anilines is 1. The number of carbonyl (C=O) groups excluding carboxylic acids is 2. The van der Waals surface area contributed by atoms with Crippen molar-refractivity contribution in [2.45, 2.75) is 44.1 Å². The number of carbonyl (C=O) groups is 2. The van der Waals surface area contributed by atoms with Gasteiger partial charge in [-0.2, -0.15) is 0 Å². The van der Waals surface area contributed by atoms with Crippen LogP contribution in [0.5, 0.6) is 0 Å². The van der Waals surface area contributed by atoms with Crippen molar-refractivity contribution < 1.29 is 19.1 Å². The Balaban J connectivity index is 1.82. The first-order valence-electron chi connectivity index (χ1n) is 9.29. The van der Waals surface area contributed by atoms with Crippen LogP contribution in [0, 0.1) is 0 Å². The molecule has 27 heavy (non-hydrogen) atoms. The third-order valence-corrected chi connectivity index (χ3v) is 5.68. The van der Waals surface area contributed by atoms with E-state index >= 15 is 0 Å². The van der Waals surface area contributed by atoms with Crippen molar-refractivity contribution in [3.05, 3.63) is 28.5 Å². The van der Waals surface area contributed by atoms with Crippen molar-refractivity contribution in [2.75, 3.05) is 18.5 Å². The molecular weight excluding hydrogens is 370 g/mol. The fourth-order valence-electron chi connectivity index (χ4n) is 4.16. The highest BCUT2D eigenvalue weighted by atomic mass is 35.5. The maximum absolute atomic E-state index is 12.4. The number of amides is 3. The lowest BCUT2D eigenvalue weighted by molar-refractivity contribution is 0.0925. The van der Waals surface area contributed by atoms with E-state index in [0.717, 1.165) is 43.1 Å². The number of benzene rings is 1. The Labute approximate surface area is 161 Å². The average molecular weight is 392 g/mol. The molecule has 0 atom stereocenters. The lowest BCUT2D eigenvalue weighted by Gasteiger charge is -2.42. The number of halogens is 1. The molecule has 144 valence electrons. The van der Waals surface area contributed by atoms with Crippen LogP contribution in [0.2, 0.25) is 5.02 Å². The molecule has 2 heterocycles. The summed E-state index contributed by atoms with van der Waals surface area (Å²) in [5.74, 6) is -0.148. The molecule has 0 bridgehead atoms. The molecule has 1 aliphatic carbocycles. The highest BCUT2D eigenvalue weighted by Gasteiger charge is 2.43. The molecule has 2 aliphatic rings. The van der Waals surface area contributed by atoms with Crippen LogP contribution in [-0.4, -0.2) is 30.2 Å². The third-order valence-electron chi connectivity index (χ3n) is 5.38. The maximum Gasteiger partial charge on any atom is 0.319 e. The number of nitrogens with one attached hydrogen (secondary N) is 3. The topological polar surface area (TPSA) is 104 Å². The van der Waals surface area contributed by atoms with Gasteiger partial charge in [-0.25, -0.2) is 4.79 Å². The van der Waals surface area contributed by atoms with Gasteiger partial charge >= 0.3 is 6.03 Å². The van der Waals surface area contributed by atoms with Crippen LogP contribution in [0.15, 0.2) is 16.5 Å². The Hall–Kier alpha value is -2.25. The molecule has 4 N–H and O–H groups in total. The molecule has 1 fully saturated rings. The summed E-state index contributed by atoms with van der Waals surface area (Å²) in [7, 11) is 0. The predicted octanol–water partition coefficient (Wildman–Crippen LogP) is 3.49. The summed E-state index contributed by atoms with van der Waals surface area (Å²) < 4.78 is 5.95. The molecule has 0 saturated heterocycles. The number of furan rings is 1. The molecule has 7 nitrogen and oxygen atoms in total. The van der Waals surface area contributed by atoms with Crippen LogP contribution in [-0.2, 0) is 5.54 Å². The zero-order valence-electron chi connectivity index (χ0n) is 14.9. The van der Waals surface area contributed by atoms with Gasteiger partial charge in [0.15, 0.2) is 5.76 Å². The van der Waals surface area contributed by atoms with Gasteiger partial charge in [0.25, 0.3) is 5.91 Å². The summed E-state index contributed by atoms with van der Waals surface area (Å²) in [6, 6.07) is 3.12. The van der Waals surface area contributed by atoms with Gasteiger partial charge in [0.2, 0.25) is 0 Å². The van der Waals surface area contributed by atoms with Gasteiger partial charge in [-0.15, -0.1) is 0 Å². The fraction of sp³-hybridized carbons (Fsp3) is 0.474. The summed E-state index contributed by atoms with van der Waals surface area (Å²) in [5.41, 5.74) is 1.45. The smallest absolute Gasteiger partial charge is 0.319 e. The number of rotatable bonds is 4. The number of fused-ring (bicyclic) bond motifs is 4. The summed E-state index contributed by atoms with van der Waals surface area (Å²) in [4.78, 5) is 24.6. The number of urea groups is 1. The van der Waals surface area contributed by atoms with Gasteiger partial charge in [-0.3, -0.25) is 4.79 Å². The van der Waals surface area contributed by atoms with E-state index in [1.807, 2.05) is 0 Å². The van der Waals surface area contributed by atoms with E-state index in [9.17, 15) is 9.59 Å². The second-order valence-corrected chi connectivity index (χ2v) is 7.60. The summed E-state index contributed by atoms with van der Waals surface area (Å²) in [5, 5.41) is 18.6. The van der Waals surface area contributed by atoms with Crippen LogP contribution < -0.4 is 16.0 Å². The normalized spacial score (nSPS) is 18.1. The molecule has 2 aromatic rings. The number of aliphatic hydroxyl groups excluding tert-OH is 1. The Bertz CT molecular complexity index is 902. The molecule has 1 aromatic carbocycles. The minimum absolute atomic E-state index is 0.0113. The van der Waals surface area contributed by atoms with E-state index in [4.69, 9.17) is 21.1 Å². The summed E-state index contributed by atoms with van der Waals surface area (Å²) in [6.45, 7) is 0.379. The zero-order chi connectivity index (χ0) is 19.0. The summed E-state index contributed by atoms with van der Waals surface area (Å²) >= 11 is 6.47. The van der Waals surface area contributed by atoms with Crippen molar-refractivity contribution in [1.29, 1.82) is 0 Å². The number of hydrogen-bond donors (Lipinski definition) is 4. The maximum atomic E-state index is 12.4. The Morgan fingerprint density at radius 2 is 2.07 bits per heavy atom. The lowest BCUT2D eigenvalue weighted by atomic mass is 9.74.